The number of furan rings is 2. The van der Waals surface area contributed by atoms with Gasteiger partial charge in [-0.2, -0.15) is 0 Å². The highest BCUT2D eigenvalue weighted by Crippen LogP contribution is 2.41. The first-order valence-electron chi connectivity index (χ1n) is 17.8. The zero-order chi connectivity index (χ0) is 35.1. The van der Waals surface area contributed by atoms with Crippen molar-refractivity contribution in [2.75, 3.05) is 0 Å². The van der Waals surface area contributed by atoms with Gasteiger partial charge >= 0.3 is 0 Å². The van der Waals surface area contributed by atoms with Gasteiger partial charge in [0.2, 0.25) is 0 Å². The van der Waals surface area contributed by atoms with E-state index >= 15 is 0 Å². The Hall–Kier alpha value is -5.28. The maximum absolute atomic E-state index is 9.18. The van der Waals surface area contributed by atoms with E-state index in [1.165, 1.54) is 0 Å². The van der Waals surface area contributed by atoms with E-state index in [2.05, 4.69) is 0 Å². The van der Waals surface area contributed by atoms with Crippen molar-refractivity contribution >= 4 is 65.7 Å². The second kappa shape index (κ2) is 7.62. The molecule has 3 nitrogen and oxygen atoms in total. The summed E-state index contributed by atoms with van der Waals surface area (Å²) >= 11 is 0. The minimum absolute atomic E-state index is 0.00252. The van der Waals surface area contributed by atoms with E-state index in [9.17, 15) is 1.37 Å². The number of aromatic nitrogens is 1. The lowest BCUT2D eigenvalue weighted by molar-refractivity contribution is 0.669. The summed E-state index contributed by atoms with van der Waals surface area (Å²) in [5.74, 6) is 0. The number of rotatable bonds is 2. The average molecular weight is 511 g/mol. The molecule has 182 valence electrons. The molecule has 0 aliphatic rings. The number of nitrogens with zero attached hydrogens (tertiary/aromatic N) is 1. The molecule has 6 aromatic carbocycles. The fourth-order valence-electron chi connectivity index (χ4n) is 5.58. The minimum atomic E-state index is -0.526. The first-order chi connectivity index (χ1) is 23.9. The van der Waals surface area contributed by atoms with Crippen molar-refractivity contribution in [2.24, 2.45) is 0 Å². The first kappa shape index (κ1) is 13.0. The van der Waals surface area contributed by atoms with Crippen LogP contribution in [0, 0.1) is 0 Å². The van der Waals surface area contributed by atoms with E-state index in [0.29, 0.717) is 22.4 Å². The highest BCUT2D eigenvalue weighted by Gasteiger charge is 2.19. The van der Waals surface area contributed by atoms with Crippen LogP contribution in [-0.4, -0.2) is 4.57 Å². The SMILES string of the molecule is [2H]c1c([2H])c([2H])c2c(oc3c2c([2H])c([2H])c2c4c([2H])c([2H])c([2H])c([2H])c4n(-c4cccc(-c5cccc6oc7c([2H])cccc7c56)c4)c32)c1[2H]. The van der Waals surface area contributed by atoms with Crippen LogP contribution in [0.4, 0.5) is 0 Å². The molecule has 0 N–H and O–H groups in total. The summed E-state index contributed by atoms with van der Waals surface area (Å²) in [6.07, 6.45) is 0. The predicted molar refractivity (Wildman–Crippen MR) is 161 cm³/mol. The van der Waals surface area contributed by atoms with Crippen LogP contribution < -0.4 is 0 Å². The van der Waals surface area contributed by atoms with Crippen molar-refractivity contribution in [3.8, 4) is 16.8 Å². The van der Waals surface area contributed by atoms with Crippen LogP contribution in [0.15, 0.2) is 136 Å². The van der Waals surface area contributed by atoms with Crippen LogP contribution >= 0.6 is 0 Å². The minimum Gasteiger partial charge on any atom is -0.456 e. The molecular weight excluding hydrogens is 478 g/mol. The zero-order valence-corrected chi connectivity index (χ0v) is 20.0. The summed E-state index contributed by atoms with van der Waals surface area (Å²) in [4.78, 5) is 0. The Morgan fingerprint density at radius 1 is 0.564 bits per heavy atom. The normalized spacial score (nSPS) is 16.1. The lowest BCUT2D eigenvalue weighted by Gasteiger charge is -2.11. The molecule has 39 heavy (non-hydrogen) atoms. The fraction of sp³-hybridized carbons (Fsp3) is 0. The smallest absolute Gasteiger partial charge is 0.160 e. The molecule has 3 heteroatoms. The number of hydrogen-bond donors (Lipinski definition) is 0. The summed E-state index contributed by atoms with van der Waals surface area (Å²) in [5, 5.41) is 1.47. The maximum atomic E-state index is 9.18. The van der Waals surface area contributed by atoms with Crippen LogP contribution in [0.1, 0.15) is 15.1 Å². The monoisotopic (exact) mass is 510 g/mol. The third kappa shape index (κ3) is 2.82. The number of benzene rings is 6. The zero-order valence-electron chi connectivity index (χ0n) is 31.0. The van der Waals surface area contributed by atoms with Crippen molar-refractivity contribution in [3.63, 3.8) is 0 Å². The van der Waals surface area contributed by atoms with Gasteiger partial charge in [0.05, 0.1) is 26.1 Å². The molecule has 0 amide bonds. The van der Waals surface area contributed by atoms with Gasteiger partial charge in [0, 0.05) is 38.0 Å². The Morgan fingerprint density at radius 3 is 2.36 bits per heavy atom. The van der Waals surface area contributed by atoms with Gasteiger partial charge in [0.15, 0.2) is 5.58 Å². The summed E-state index contributed by atoms with van der Waals surface area (Å²) in [7, 11) is 0. The van der Waals surface area contributed by atoms with Crippen molar-refractivity contribution in [1.29, 1.82) is 0 Å². The van der Waals surface area contributed by atoms with Crippen molar-refractivity contribution in [1.82, 2.24) is 4.57 Å². The van der Waals surface area contributed by atoms with Crippen molar-refractivity contribution < 1.29 is 23.9 Å². The van der Waals surface area contributed by atoms with Crippen LogP contribution in [0.5, 0.6) is 0 Å². The van der Waals surface area contributed by atoms with E-state index in [0.717, 1.165) is 16.3 Å². The van der Waals surface area contributed by atoms with Gasteiger partial charge < -0.3 is 13.4 Å². The molecule has 0 saturated carbocycles. The van der Waals surface area contributed by atoms with Gasteiger partial charge in [-0.3, -0.25) is 0 Å². The molecule has 0 aliphatic heterocycles. The van der Waals surface area contributed by atoms with E-state index in [4.69, 9.17) is 22.5 Å². The van der Waals surface area contributed by atoms with Crippen LogP contribution in [0.3, 0.4) is 0 Å². The van der Waals surface area contributed by atoms with Crippen molar-refractivity contribution in [3.05, 3.63) is 127 Å². The van der Waals surface area contributed by atoms with E-state index in [1.807, 2.05) is 36.4 Å². The van der Waals surface area contributed by atoms with Crippen molar-refractivity contribution in [2.45, 2.75) is 0 Å². The van der Waals surface area contributed by atoms with E-state index in [-0.39, 0.29) is 61.9 Å². The lowest BCUT2D eigenvalue weighted by Crippen LogP contribution is -1.94. The predicted octanol–water partition coefficient (Wildman–Crippen LogP) is 10.2. The molecule has 9 aromatic rings. The molecule has 0 saturated heterocycles. The van der Waals surface area contributed by atoms with Gasteiger partial charge in [0.1, 0.15) is 16.7 Å². The summed E-state index contributed by atoms with van der Waals surface area (Å²) in [6, 6.07) is 13.8. The summed E-state index contributed by atoms with van der Waals surface area (Å²) in [6.45, 7) is 0. The molecular formula is C36H21NO2. The number of para-hydroxylation sites is 3. The molecule has 0 radical (unpaired) electrons. The Labute approximate surface area is 238 Å². The quantitative estimate of drug-likeness (QED) is 0.232. The summed E-state index contributed by atoms with van der Waals surface area (Å²) < 4.78 is 109. The molecule has 0 unspecified atom stereocenters. The summed E-state index contributed by atoms with van der Waals surface area (Å²) in [5.41, 5.74) is 2.86. The number of hydrogen-bond acceptors (Lipinski definition) is 2. The van der Waals surface area contributed by atoms with Crippen LogP contribution in [-0.2, 0) is 0 Å². The van der Waals surface area contributed by atoms with Crippen LogP contribution in [0.25, 0.3) is 82.5 Å². The standard InChI is InChI=1S/C36H21NO2/c1-4-15-30-25(11-1)27-19-20-28-26-12-2-5-16-31(26)39-36(28)35(27)37(30)23-10-7-9-22(21-23)24-14-8-18-33-34(24)29-13-3-6-17-32(29)38-33/h1-21H/i1D,2D,4D,5D,11D,12D,15D,16D,17D,19D,20D. The molecule has 0 aliphatic carbocycles. The molecule has 3 heterocycles. The molecule has 0 atom stereocenters. The Bertz CT molecular complexity index is 3010. The molecule has 0 fully saturated rings. The Morgan fingerprint density at radius 2 is 1.38 bits per heavy atom. The van der Waals surface area contributed by atoms with Crippen LogP contribution in [0.2, 0.25) is 0 Å². The first-order valence-corrected chi connectivity index (χ1v) is 12.3. The van der Waals surface area contributed by atoms with Gasteiger partial charge in [-0.1, -0.05) is 84.8 Å². The third-order valence-electron chi connectivity index (χ3n) is 7.20. The molecule has 9 rings (SSSR count). The van der Waals surface area contributed by atoms with Gasteiger partial charge in [-0.25, -0.2) is 0 Å². The highest BCUT2D eigenvalue weighted by atomic mass is 16.3. The van der Waals surface area contributed by atoms with Gasteiger partial charge in [-0.05, 0) is 53.5 Å². The number of fused-ring (bicyclic) bond motifs is 10. The van der Waals surface area contributed by atoms with Gasteiger partial charge in [0.25, 0.3) is 0 Å². The molecule has 0 bridgehead atoms. The molecule has 3 aromatic heterocycles. The molecule has 0 spiro atoms. The second-order valence-corrected chi connectivity index (χ2v) is 9.29. The average Bonchev–Trinajstić information content (AvgIpc) is 3.81. The topological polar surface area (TPSA) is 31.2 Å². The van der Waals surface area contributed by atoms with Gasteiger partial charge in [-0.15, -0.1) is 0 Å². The maximum Gasteiger partial charge on any atom is 0.160 e. The fourth-order valence-corrected chi connectivity index (χ4v) is 5.58. The van der Waals surface area contributed by atoms with E-state index in [1.54, 1.807) is 28.8 Å². The Balaban J connectivity index is 1.48. The Kier molecular flexibility index (Phi) is 2.54. The van der Waals surface area contributed by atoms with E-state index < -0.39 is 48.3 Å². The lowest BCUT2D eigenvalue weighted by atomic mass is 9.99. The third-order valence-corrected chi connectivity index (χ3v) is 7.20. The highest BCUT2D eigenvalue weighted by molar-refractivity contribution is 6.21. The second-order valence-electron chi connectivity index (χ2n) is 9.29. The largest absolute Gasteiger partial charge is 0.456 e.